The number of nitrogens with zero attached hydrogens (tertiary/aromatic N) is 3. The first kappa shape index (κ1) is 26.1. The number of nitrogens with one attached hydrogen (secondary N) is 1. The van der Waals surface area contributed by atoms with Gasteiger partial charge in [0.2, 0.25) is 21.8 Å². The van der Waals surface area contributed by atoms with Gasteiger partial charge >= 0.3 is 0 Å². The summed E-state index contributed by atoms with van der Waals surface area (Å²) in [4.78, 5) is 37.4. The van der Waals surface area contributed by atoms with E-state index in [4.69, 9.17) is 11.6 Å². The smallest absolute Gasteiger partial charge is 0.271 e. The van der Waals surface area contributed by atoms with Crippen molar-refractivity contribution in [2.24, 2.45) is 0 Å². The number of nitro groups is 1. The van der Waals surface area contributed by atoms with Gasteiger partial charge in [0, 0.05) is 30.7 Å². The van der Waals surface area contributed by atoms with E-state index in [0.717, 1.165) is 16.6 Å². The SMILES string of the molecule is CNC(=O)C(C)N(Cc1ccc(Cl)cc1)C(=O)CN(c1cc([N+](=O)[O-])ccc1C)S(C)(=O)=O. The number of nitro benzene ring substituents is 1. The summed E-state index contributed by atoms with van der Waals surface area (Å²) in [7, 11) is -2.57. The molecule has 33 heavy (non-hydrogen) atoms. The van der Waals surface area contributed by atoms with E-state index in [1.165, 1.54) is 31.0 Å². The van der Waals surface area contributed by atoms with Gasteiger partial charge in [-0.05, 0) is 37.1 Å². The van der Waals surface area contributed by atoms with Crippen molar-refractivity contribution in [2.45, 2.75) is 26.4 Å². The molecule has 0 aromatic heterocycles. The van der Waals surface area contributed by atoms with Gasteiger partial charge in [0.15, 0.2) is 0 Å². The first-order chi connectivity index (χ1) is 15.3. The number of hydrogen-bond acceptors (Lipinski definition) is 6. The van der Waals surface area contributed by atoms with Gasteiger partial charge in [0.05, 0.1) is 16.9 Å². The average Bonchev–Trinajstić information content (AvgIpc) is 2.75. The first-order valence-corrected chi connectivity index (χ1v) is 12.1. The minimum Gasteiger partial charge on any atom is -0.357 e. The lowest BCUT2D eigenvalue weighted by atomic mass is 10.1. The molecule has 10 nitrogen and oxygen atoms in total. The number of non-ortho nitro benzene ring substituents is 1. The van der Waals surface area contributed by atoms with Crippen molar-refractivity contribution in [3.63, 3.8) is 0 Å². The van der Waals surface area contributed by atoms with Crippen LogP contribution in [0.4, 0.5) is 11.4 Å². The summed E-state index contributed by atoms with van der Waals surface area (Å²) < 4.78 is 25.9. The first-order valence-electron chi connectivity index (χ1n) is 9.83. The van der Waals surface area contributed by atoms with E-state index >= 15 is 0 Å². The fourth-order valence-electron chi connectivity index (χ4n) is 3.15. The maximum Gasteiger partial charge on any atom is 0.271 e. The number of carbonyl (C=O) groups is 2. The zero-order valence-corrected chi connectivity index (χ0v) is 20.2. The summed E-state index contributed by atoms with van der Waals surface area (Å²) in [6.45, 7) is 2.49. The Bertz CT molecular complexity index is 1150. The van der Waals surface area contributed by atoms with E-state index in [2.05, 4.69) is 5.32 Å². The van der Waals surface area contributed by atoms with Crippen LogP contribution in [0.15, 0.2) is 42.5 Å². The fourth-order valence-corrected chi connectivity index (χ4v) is 4.18. The molecule has 0 aliphatic rings. The Morgan fingerprint density at radius 2 is 1.79 bits per heavy atom. The third-order valence-electron chi connectivity index (χ3n) is 5.03. The van der Waals surface area contributed by atoms with E-state index in [-0.39, 0.29) is 17.9 Å². The Balaban J connectivity index is 2.46. The van der Waals surface area contributed by atoms with Crippen LogP contribution in [0.1, 0.15) is 18.1 Å². The number of carbonyl (C=O) groups excluding carboxylic acids is 2. The molecule has 0 heterocycles. The topological polar surface area (TPSA) is 130 Å². The molecule has 0 fully saturated rings. The molecule has 178 valence electrons. The Labute approximate surface area is 197 Å². The number of rotatable bonds is 9. The molecule has 1 atom stereocenters. The average molecular weight is 497 g/mol. The number of amides is 2. The molecular formula is C21H25ClN4O6S. The van der Waals surface area contributed by atoms with Crippen molar-refractivity contribution in [1.82, 2.24) is 10.2 Å². The monoisotopic (exact) mass is 496 g/mol. The molecule has 1 unspecified atom stereocenters. The van der Waals surface area contributed by atoms with Gasteiger partial charge in [-0.1, -0.05) is 29.8 Å². The van der Waals surface area contributed by atoms with Crippen molar-refractivity contribution in [2.75, 3.05) is 24.2 Å². The van der Waals surface area contributed by atoms with E-state index in [1.54, 1.807) is 31.2 Å². The molecule has 12 heteroatoms. The van der Waals surface area contributed by atoms with Crippen LogP contribution >= 0.6 is 11.6 Å². The Morgan fingerprint density at radius 1 is 1.18 bits per heavy atom. The summed E-state index contributed by atoms with van der Waals surface area (Å²) in [6, 6.07) is 9.52. The molecular weight excluding hydrogens is 472 g/mol. The lowest BCUT2D eigenvalue weighted by Crippen LogP contribution is -2.50. The molecule has 0 radical (unpaired) electrons. The van der Waals surface area contributed by atoms with Crippen molar-refractivity contribution in [3.05, 3.63) is 68.7 Å². The number of aryl methyl sites for hydroxylation is 1. The summed E-state index contributed by atoms with van der Waals surface area (Å²) in [5.74, 6) is -1.09. The summed E-state index contributed by atoms with van der Waals surface area (Å²) >= 11 is 5.92. The van der Waals surface area contributed by atoms with Crippen LogP contribution in [-0.4, -0.2) is 55.9 Å². The number of sulfonamides is 1. The molecule has 2 aromatic rings. The molecule has 0 saturated carbocycles. The second kappa shape index (κ2) is 10.6. The van der Waals surface area contributed by atoms with E-state index in [9.17, 15) is 28.1 Å². The highest BCUT2D eigenvalue weighted by atomic mass is 35.5. The third-order valence-corrected chi connectivity index (χ3v) is 6.41. The zero-order chi connectivity index (χ0) is 24.9. The van der Waals surface area contributed by atoms with Crippen molar-refractivity contribution >= 4 is 44.8 Å². The van der Waals surface area contributed by atoms with Gasteiger partial charge in [0.25, 0.3) is 5.69 Å². The van der Waals surface area contributed by atoms with E-state index < -0.39 is 39.3 Å². The minimum absolute atomic E-state index is 0.0130. The summed E-state index contributed by atoms with van der Waals surface area (Å²) in [5.41, 5.74) is 0.816. The highest BCUT2D eigenvalue weighted by Crippen LogP contribution is 2.28. The van der Waals surface area contributed by atoms with Crippen LogP contribution in [0.5, 0.6) is 0 Å². The van der Waals surface area contributed by atoms with Crippen molar-refractivity contribution < 1.29 is 22.9 Å². The molecule has 2 amide bonds. The number of hydrogen-bond donors (Lipinski definition) is 1. The summed E-state index contributed by atoms with van der Waals surface area (Å²) in [6.07, 6.45) is 0.907. The maximum absolute atomic E-state index is 13.3. The molecule has 0 bridgehead atoms. The van der Waals surface area contributed by atoms with Crippen LogP contribution < -0.4 is 9.62 Å². The molecule has 2 rings (SSSR count). The quantitative estimate of drug-likeness (QED) is 0.419. The van der Waals surface area contributed by atoms with Gasteiger partial charge in [0.1, 0.15) is 12.6 Å². The van der Waals surface area contributed by atoms with Crippen molar-refractivity contribution in [1.29, 1.82) is 0 Å². The Morgan fingerprint density at radius 3 is 2.30 bits per heavy atom. The molecule has 0 aliphatic heterocycles. The van der Waals surface area contributed by atoms with Gasteiger partial charge in [-0.15, -0.1) is 0 Å². The van der Waals surface area contributed by atoms with Gasteiger partial charge in [-0.3, -0.25) is 24.0 Å². The lowest BCUT2D eigenvalue weighted by molar-refractivity contribution is -0.384. The number of anilines is 1. The van der Waals surface area contributed by atoms with Gasteiger partial charge < -0.3 is 10.2 Å². The predicted molar refractivity (Wildman–Crippen MR) is 126 cm³/mol. The molecule has 0 spiro atoms. The fraction of sp³-hybridized carbons (Fsp3) is 0.333. The molecule has 0 aliphatic carbocycles. The lowest BCUT2D eigenvalue weighted by Gasteiger charge is -2.31. The Hall–Kier alpha value is -3.18. The third kappa shape index (κ3) is 6.65. The highest BCUT2D eigenvalue weighted by molar-refractivity contribution is 7.92. The van der Waals surface area contributed by atoms with Crippen LogP contribution in [0.3, 0.4) is 0 Å². The predicted octanol–water partition coefficient (Wildman–Crippen LogP) is 2.49. The van der Waals surface area contributed by atoms with Crippen LogP contribution in [0, 0.1) is 17.0 Å². The number of benzene rings is 2. The van der Waals surface area contributed by atoms with Gasteiger partial charge in [-0.2, -0.15) is 0 Å². The van der Waals surface area contributed by atoms with Crippen LogP contribution in [0.25, 0.3) is 0 Å². The van der Waals surface area contributed by atoms with E-state index in [1.807, 2.05) is 0 Å². The molecule has 2 aromatic carbocycles. The second-order valence-electron chi connectivity index (χ2n) is 7.44. The molecule has 0 saturated heterocycles. The van der Waals surface area contributed by atoms with Crippen LogP contribution in [-0.2, 0) is 26.2 Å². The van der Waals surface area contributed by atoms with Gasteiger partial charge in [-0.25, -0.2) is 8.42 Å². The van der Waals surface area contributed by atoms with E-state index in [0.29, 0.717) is 16.1 Å². The number of halogens is 1. The summed E-state index contributed by atoms with van der Waals surface area (Å²) in [5, 5.41) is 14.2. The highest BCUT2D eigenvalue weighted by Gasteiger charge is 2.30. The standard InChI is InChI=1S/C21H25ClN4O6S/c1-14-5-10-18(26(29)30)11-19(14)25(33(4,31)32)13-20(27)24(15(2)21(28)23-3)12-16-6-8-17(22)9-7-16/h5-11,15H,12-13H2,1-4H3,(H,23,28). The van der Waals surface area contributed by atoms with Crippen LogP contribution in [0.2, 0.25) is 5.02 Å². The maximum atomic E-state index is 13.3. The normalized spacial score (nSPS) is 12.0. The van der Waals surface area contributed by atoms with Crippen molar-refractivity contribution in [3.8, 4) is 0 Å². The molecule has 1 N–H and O–H groups in total. The second-order valence-corrected chi connectivity index (χ2v) is 9.78. The Kier molecular flexibility index (Phi) is 8.39. The largest absolute Gasteiger partial charge is 0.357 e. The number of likely N-dealkylation sites (N-methyl/N-ethyl adjacent to an activating group) is 1. The minimum atomic E-state index is -4.00. The zero-order valence-electron chi connectivity index (χ0n) is 18.6.